The van der Waals surface area contributed by atoms with Crippen molar-refractivity contribution in [1.82, 2.24) is 0 Å². The average molecular weight is 354 g/mol. The topological polar surface area (TPSA) is 43.4 Å². The molecule has 4 rings (SSSR count). The predicted octanol–water partition coefficient (Wildman–Crippen LogP) is 5.06. The fraction of sp³-hybridized carbons (Fsp3) is 0.652. The van der Waals surface area contributed by atoms with Gasteiger partial charge >= 0.3 is 5.97 Å². The number of ether oxygens (including phenoxy) is 1. The molecule has 26 heavy (non-hydrogen) atoms. The van der Waals surface area contributed by atoms with E-state index in [-0.39, 0.29) is 11.4 Å². The van der Waals surface area contributed by atoms with E-state index in [1.54, 1.807) is 0 Å². The van der Waals surface area contributed by atoms with Gasteiger partial charge in [0.05, 0.1) is 5.41 Å². The summed E-state index contributed by atoms with van der Waals surface area (Å²) in [5, 5.41) is 0. The summed E-state index contributed by atoms with van der Waals surface area (Å²) in [5.74, 6) is 2.73. The van der Waals surface area contributed by atoms with E-state index in [9.17, 15) is 9.59 Å². The van der Waals surface area contributed by atoms with Crippen LogP contribution in [0.1, 0.15) is 76.8 Å². The van der Waals surface area contributed by atoms with Crippen LogP contribution in [0, 0.1) is 22.7 Å². The Morgan fingerprint density at radius 3 is 2.65 bits per heavy atom. The molecule has 3 heteroatoms. The Balaban J connectivity index is 1.58. The number of aryl methyl sites for hydroxylation is 1. The van der Waals surface area contributed by atoms with Gasteiger partial charge in [0.15, 0.2) is 0 Å². The SMILES string of the molecule is CC(C)(C)C(=O)Oc1ccc2c(c1)CC[C@@H]1[C@@H]2CC[C@]2(C)C(=O)CC[C@H]12. The Morgan fingerprint density at radius 2 is 1.92 bits per heavy atom. The Bertz CT molecular complexity index is 757. The van der Waals surface area contributed by atoms with Gasteiger partial charge in [0.1, 0.15) is 11.5 Å². The van der Waals surface area contributed by atoms with Gasteiger partial charge in [0.25, 0.3) is 0 Å². The Hall–Kier alpha value is -1.64. The average Bonchev–Trinajstić information content (AvgIpc) is 2.89. The van der Waals surface area contributed by atoms with Crippen molar-refractivity contribution in [3.8, 4) is 5.75 Å². The van der Waals surface area contributed by atoms with Crippen LogP contribution in [0.3, 0.4) is 0 Å². The highest BCUT2D eigenvalue weighted by molar-refractivity contribution is 5.87. The molecule has 0 aromatic heterocycles. The van der Waals surface area contributed by atoms with Crippen molar-refractivity contribution < 1.29 is 14.3 Å². The molecule has 2 fully saturated rings. The number of rotatable bonds is 1. The van der Waals surface area contributed by atoms with Crippen LogP contribution in [0.15, 0.2) is 18.2 Å². The zero-order valence-corrected chi connectivity index (χ0v) is 16.4. The second-order valence-electron chi connectivity index (χ2n) is 9.83. The first-order valence-corrected chi connectivity index (χ1v) is 10.1. The number of hydrogen-bond acceptors (Lipinski definition) is 3. The summed E-state index contributed by atoms with van der Waals surface area (Å²) in [5.41, 5.74) is 2.20. The molecule has 0 radical (unpaired) electrons. The maximum Gasteiger partial charge on any atom is 0.316 e. The Morgan fingerprint density at radius 1 is 1.15 bits per heavy atom. The third-order valence-corrected chi connectivity index (χ3v) is 7.23. The number of ketones is 1. The first kappa shape index (κ1) is 17.8. The first-order valence-electron chi connectivity index (χ1n) is 10.1. The van der Waals surface area contributed by atoms with Gasteiger partial charge in [-0.25, -0.2) is 0 Å². The molecule has 0 aliphatic heterocycles. The van der Waals surface area contributed by atoms with Crippen molar-refractivity contribution in [2.75, 3.05) is 0 Å². The number of Topliss-reactive ketones (excluding diaryl/α,β-unsaturated/α-hetero) is 1. The molecule has 0 heterocycles. The fourth-order valence-corrected chi connectivity index (χ4v) is 5.65. The predicted molar refractivity (Wildman–Crippen MR) is 101 cm³/mol. The van der Waals surface area contributed by atoms with Crippen LogP contribution in [-0.4, -0.2) is 11.8 Å². The summed E-state index contributed by atoms with van der Waals surface area (Å²) in [6, 6.07) is 6.21. The molecule has 0 unspecified atom stereocenters. The van der Waals surface area contributed by atoms with E-state index < -0.39 is 5.41 Å². The van der Waals surface area contributed by atoms with E-state index in [2.05, 4.69) is 19.1 Å². The van der Waals surface area contributed by atoms with E-state index in [1.807, 2.05) is 26.8 Å². The Kier molecular flexibility index (Phi) is 4.05. The third kappa shape index (κ3) is 2.71. The lowest BCUT2D eigenvalue weighted by atomic mass is 9.55. The highest BCUT2D eigenvalue weighted by Crippen LogP contribution is 2.59. The van der Waals surface area contributed by atoms with Gasteiger partial charge in [-0.15, -0.1) is 0 Å². The maximum absolute atomic E-state index is 12.4. The molecule has 3 aliphatic rings. The molecule has 1 aromatic carbocycles. The molecule has 0 spiro atoms. The summed E-state index contributed by atoms with van der Waals surface area (Å²) < 4.78 is 5.60. The summed E-state index contributed by atoms with van der Waals surface area (Å²) in [7, 11) is 0. The van der Waals surface area contributed by atoms with Crippen molar-refractivity contribution in [3.05, 3.63) is 29.3 Å². The molecule has 0 bridgehead atoms. The van der Waals surface area contributed by atoms with E-state index in [0.29, 0.717) is 29.3 Å². The normalized spacial score (nSPS) is 33.2. The standard InChI is InChI=1S/C23H30O3/c1-22(2,3)21(25)26-15-6-8-16-14(13-15)5-7-18-17(16)11-12-23(4)19(18)9-10-20(23)24/h6,8,13,17-19H,5,7,9-12H2,1-4H3/t17-,18-,19-,23+/m1/s1. The van der Waals surface area contributed by atoms with Gasteiger partial charge in [-0.1, -0.05) is 13.0 Å². The van der Waals surface area contributed by atoms with Crippen molar-refractivity contribution in [2.45, 2.75) is 72.1 Å². The van der Waals surface area contributed by atoms with E-state index in [1.165, 1.54) is 11.1 Å². The number of benzene rings is 1. The van der Waals surface area contributed by atoms with Crippen LogP contribution in [0.5, 0.6) is 5.75 Å². The lowest BCUT2D eigenvalue weighted by Crippen LogP contribution is -2.42. The fourth-order valence-electron chi connectivity index (χ4n) is 5.65. The number of fused-ring (bicyclic) bond motifs is 5. The van der Waals surface area contributed by atoms with Crippen LogP contribution in [0.4, 0.5) is 0 Å². The van der Waals surface area contributed by atoms with Crippen LogP contribution in [-0.2, 0) is 16.0 Å². The molecular formula is C23H30O3. The lowest BCUT2D eigenvalue weighted by molar-refractivity contribution is -0.143. The zero-order valence-electron chi connectivity index (χ0n) is 16.4. The van der Waals surface area contributed by atoms with Crippen molar-refractivity contribution >= 4 is 11.8 Å². The quantitative estimate of drug-likeness (QED) is 0.523. The van der Waals surface area contributed by atoms with E-state index >= 15 is 0 Å². The number of hydrogen-bond donors (Lipinski definition) is 0. The smallest absolute Gasteiger partial charge is 0.316 e. The highest BCUT2D eigenvalue weighted by Gasteiger charge is 2.54. The molecule has 2 saturated carbocycles. The third-order valence-electron chi connectivity index (χ3n) is 7.23. The molecule has 3 aliphatic carbocycles. The highest BCUT2D eigenvalue weighted by atomic mass is 16.5. The largest absolute Gasteiger partial charge is 0.426 e. The number of carbonyl (C=O) groups is 2. The van der Waals surface area contributed by atoms with Gasteiger partial charge in [-0.2, -0.15) is 0 Å². The summed E-state index contributed by atoms with van der Waals surface area (Å²) in [6.07, 6.45) is 6.17. The molecule has 0 N–H and O–H groups in total. The minimum atomic E-state index is -0.496. The van der Waals surface area contributed by atoms with E-state index in [4.69, 9.17) is 4.74 Å². The second kappa shape index (κ2) is 5.94. The minimum Gasteiger partial charge on any atom is -0.426 e. The molecule has 140 valence electrons. The van der Waals surface area contributed by atoms with Crippen molar-refractivity contribution in [2.24, 2.45) is 22.7 Å². The molecule has 4 atom stereocenters. The molecule has 0 amide bonds. The van der Waals surface area contributed by atoms with Crippen LogP contribution in [0.2, 0.25) is 0 Å². The first-order chi connectivity index (χ1) is 12.2. The van der Waals surface area contributed by atoms with Gasteiger partial charge in [-0.3, -0.25) is 9.59 Å². The van der Waals surface area contributed by atoms with Crippen LogP contribution < -0.4 is 4.74 Å². The summed E-state index contributed by atoms with van der Waals surface area (Å²) in [6.45, 7) is 7.84. The Labute approximate surface area is 156 Å². The van der Waals surface area contributed by atoms with Crippen LogP contribution in [0.25, 0.3) is 0 Å². The van der Waals surface area contributed by atoms with Gasteiger partial charge in [0.2, 0.25) is 0 Å². The maximum atomic E-state index is 12.4. The molecule has 0 saturated heterocycles. The molecular weight excluding hydrogens is 324 g/mol. The summed E-state index contributed by atoms with van der Waals surface area (Å²) >= 11 is 0. The molecule has 1 aromatic rings. The second-order valence-corrected chi connectivity index (χ2v) is 9.83. The number of carbonyl (C=O) groups excluding carboxylic acids is 2. The van der Waals surface area contributed by atoms with E-state index in [0.717, 1.165) is 38.5 Å². The van der Waals surface area contributed by atoms with Gasteiger partial charge in [0, 0.05) is 11.8 Å². The van der Waals surface area contributed by atoms with Crippen molar-refractivity contribution in [1.29, 1.82) is 0 Å². The van der Waals surface area contributed by atoms with Gasteiger partial charge < -0.3 is 4.74 Å². The lowest BCUT2D eigenvalue weighted by Gasteiger charge is -2.48. The van der Waals surface area contributed by atoms with Crippen molar-refractivity contribution in [3.63, 3.8) is 0 Å². The van der Waals surface area contributed by atoms with Gasteiger partial charge in [-0.05, 0) is 93.9 Å². The molecule has 3 nitrogen and oxygen atoms in total. The zero-order chi connectivity index (χ0) is 18.7. The monoisotopic (exact) mass is 354 g/mol. The van der Waals surface area contributed by atoms with Crippen LogP contribution >= 0.6 is 0 Å². The number of esters is 1. The summed E-state index contributed by atoms with van der Waals surface area (Å²) in [4.78, 5) is 24.6. The minimum absolute atomic E-state index is 0.0686.